The van der Waals surface area contributed by atoms with Crippen LogP contribution in [-0.2, 0) is 42.3 Å². The maximum absolute atomic E-state index is 7.54. The quantitative estimate of drug-likeness (QED) is 0.148. The Hall–Kier alpha value is -9.78. The van der Waals surface area contributed by atoms with Crippen molar-refractivity contribution in [2.24, 2.45) is 42.3 Å². The average Bonchev–Trinajstić information content (AvgIpc) is 0.817. The number of benzene rings is 6. The highest BCUT2D eigenvalue weighted by molar-refractivity contribution is 5.65. The molecule has 0 unspecified atom stereocenters. The molecule has 0 amide bonds. The summed E-state index contributed by atoms with van der Waals surface area (Å²) in [5.41, 5.74) is 24.9. The maximum Gasteiger partial charge on any atom is 0.212 e. The van der Waals surface area contributed by atoms with Crippen molar-refractivity contribution in [1.29, 1.82) is 0 Å². The minimum Gasteiger partial charge on any atom is -0.201 e. The Morgan fingerprint density at radius 1 is 0.236 bits per heavy atom. The summed E-state index contributed by atoms with van der Waals surface area (Å²) < 4.78 is 79.3. The van der Waals surface area contributed by atoms with Crippen molar-refractivity contribution in [3.8, 4) is 67.5 Å². The summed E-state index contributed by atoms with van der Waals surface area (Å²) >= 11 is 0. The molecule has 6 heterocycles. The smallest absolute Gasteiger partial charge is 0.201 e. The van der Waals surface area contributed by atoms with Crippen LogP contribution in [0, 0.1) is 75.9 Å². The van der Waals surface area contributed by atoms with E-state index in [1.54, 1.807) is 54.3 Å². The van der Waals surface area contributed by atoms with Crippen LogP contribution in [0.2, 0.25) is 0 Å². The molecule has 6 heteroatoms. The van der Waals surface area contributed by atoms with Gasteiger partial charge in [0.25, 0.3) is 0 Å². The van der Waals surface area contributed by atoms with E-state index in [4.69, 9.17) is 12.3 Å². The molecular formula is C83H94N6+6. The van der Waals surface area contributed by atoms with E-state index in [9.17, 15) is 0 Å². The zero-order valence-electron chi connectivity index (χ0n) is 63.5. The Morgan fingerprint density at radius 3 is 0.955 bits per heavy atom. The van der Waals surface area contributed by atoms with Gasteiger partial charge in [0.05, 0.1) is 0 Å². The molecule has 450 valence electrons. The molecule has 0 aliphatic rings. The van der Waals surface area contributed by atoms with Crippen molar-refractivity contribution < 1.29 is 39.7 Å². The summed E-state index contributed by atoms with van der Waals surface area (Å²) in [4.78, 5) is 0. The highest BCUT2D eigenvalue weighted by Gasteiger charge is 2.16. The number of hydrogen-bond donors (Lipinski definition) is 0. The van der Waals surface area contributed by atoms with Crippen molar-refractivity contribution in [3.05, 3.63) is 323 Å². The summed E-state index contributed by atoms with van der Waals surface area (Å²) in [6, 6.07) is 76.7. The number of nitrogens with zero attached hydrogens (tertiary/aromatic N) is 6. The summed E-state index contributed by atoms with van der Waals surface area (Å²) in [7, 11) is 11.8. The third-order valence-electron chi connectivity index (χ3n) is 15.7. The van der Waals surface area contributed by atoms with Crippen LogP contribution >= 0.6 is 0 Å². The molecule has 0 saturated carbocycles. The van der Waals surface area contributed by atoms with Gasteiger partial charge in [-0.1, -0.05) is 109 Å². The Morgan fingerprint density at radius 2 is 0.562 bits per heavy atom. The minimum absolute atomic E-state index is 0.350. The third kappa shape index (κ3) is 18.4. The van der Waals surface area contributed by atoms with Gasteiger partial charge in [-0.05, 0) is 174 Å². The number of aryl methyl sites for hydroxylation is 16. The second-order valence-corrected chi connectivity index (χ2v) is 22.7. The first-order valence-electron chi connectivity index (χ1n) is 34.6. The largest absolute Gasteiger partial charge is 0.212 e. The summed E-state index contributed by atoms with van der Waals surface area (Å²) in [5, 5.41) is 0. The molecule has 0 atom stereocenters. The Bertz CT molecular complexity index is 4580. The SMILES string of the molecule is Cc1cc[n+](C)c(-c2ccccc2C)c1.Cc1ccc(-c2ccccc2C)[n+](C)c1.Cc1ccccc1-c1cccc[n+]1C.[2H]C([2H])([2H])c1cc[n+](C)c(-c2ccccc2C)c1.[2H]C([2H])([2H])c1ccc(-c2ccccc2C)[n+](C)c1.[2H]C([2H])([2H])c1cccc(-c2ccccc2C)[n+]1C. The molecule has 0 aliphatic carbocycles. The van der Waals surface area contributed by atoms with E-state index in [-0.39, 0.29) is 0 Å². The third-order valence-corrected chi connectivity index (χ3v) is 15.7. The van der Waals surface area contributed by atoms with E-state index in [2.05, 4.69) is 197 Å². The normalized spacial score (nSPS) is 12.2. The molecule has 0 radical (unpaired) electrons. The van der Waals surface area contributed by atoms with Gasteiger partial charge in [0.2, 0.25) is 34.2 Å². The molecule has 0 fully saturated rings. The fraction of sp³-hybridized carbons (Fsp3) is 0.205. The standard InChI is InChI=1S/5C14H16N.C13H14N/c1-11-7-4-5-9-13(11)14-10-6-8-12(2)15(14)3;2*1-11-8-9-15(3)14(10-11)13-7-5-4-6-12(13)2;2*1-11-8-9-14(15(3)10-11)13-7-5-4-6-12(13)2;1-11-7-3-4-8-12(11)13-9-5-6-10-14(13)2/h5*4-10H,1-3H3;3-10H,1-2H3/q6*+1/i2D3;1D3;;1D3;;. The average molecular weight is 1180 g/mol. The fourth-order valence-corrected chi connectivity index (χ4v) is 10.5. The molecule has 6 aromatic carbocycles. The highest BCUT2D eigenvalue weighted by atomic mass is 14.9. The van der Waals surface area contributed by atoms with Gasteiger partial charge in [-0.3, -0.25) is 0 Å². The van der Waals surface area contributed by atoms with E-state index in [1.807, 2.05) is 135 Å². The van der Waals surface area contributed by atoms with E-state index in [1.165, 1.54) is 67.2 Å². The Kier molecular flexibility index (Phi) is 19.8. The van der Waals surface area contributed by atoms with Gasteiger partial charge >= 0.3 is 0 Å². The molecule has 0 bridgehead atoms. The number of aromatic nitrogens is 6. The lowest BCUT2D eigenvalue weighted by molar-refractivity contribution is -0.666. The molecule has 0 saturated heterocycles. The van der Waals surface area contributed by atoms with Gasteiger partial charge in [0.15, 0.2) is 36.7 Å². The van der Waals surface area contributed by atoms with Gasteiger partial charge in [-0.2, -0.15) is 4.57 Å². The summed E-state index contributed by atoms with van der Waals surface area (Å²) in [6.07, 6.45) is 9.80. The van der Waals surface area contributed by atoms with Gasteiger partial charge < -0.3 is 0 Å². The Balaban J connectivity index is 0.000000166. The zero-order chi connectivity index (χ0) is 71.6. The van der Waals surface area contributed by atoms with Crippen LogP contribution in [0.25, 0.3) is 67.5 Å². The zero-order valence-corrected chi connectivity index (χ0v) is 54.5. The topological polar surface area (TPSA) is 23.3 Å². The van der Waals surface area contributed by atoms with Gasteiger partial charge in [-0.25, -0.2) is 22.8 Å². The number of pyridine rings is 6. The number of hydrogen-bond acceptors (Lipinski definition) is 0. The number of rotatable bonds is 6. The lowest BCUT2D eigenvalue weighted by Crippen LogP contribution is -2.34. The Labute approximate surface area is 546 Å². The lowest BCUT2D eigenvalue weighted by Gasteiger charge is -2.04. The molecule has 89 heavy (non-hydrogen) atoms. The van der Waals surface area contributed by atoms with Crippen molar-refractivity contribution in [2.45, 2.75) is 75.9 Å². The van der Waals surface area contributed by atoms with Crippen molar-refractivity contribution in [3.63, 3.8) is 0 Å². The molecule has 6 aromatic heterocycles. The molecule has 0 spiro atoms. The van der Waals surface area contributed by atoms with Crippen molar-refractivity contribution >= 4 is 0 Å². The van der Waals surface area contributed by atoms with Crippen LogP contribution in [-0.4, -0.2) is 0 Å². The van der Waals surface area contributed by atoms with Gasteiger partial charge in [0.1, 0.15) is 42.3 Å². The molecule has 0 aliphatic heterocycles. The van der Waals surface area contributed by atoms with Crippen LogP contribution < -0.4 is 27.4 Å². The monoisotopic (exact) mass is 1180 g/mol. The van der Waals surface area contributed by atoms with Crippen LogP contribution in [0.3, 0.4) is 0 Å². The second kappa shape index (κ2) is 32.3. The molecule has 6 nitrogen and oxygen atoms in total. The summed E-state index contributed by atoms with van der Waals surface area (Å²) in [6.45, 7) is 10.6. The first-order chi connectivity index (χ1) is 46.3. The highest BCUT2D eigenvalue weighted by Crippen LogP contribution is 2.25. The van der Waals surface area contributed by atoms with E-state index >= 15 is 0 Å². The fourth-order valence-electron chi connectivity index (χ4n) is 10.5. The van der Waals surface area contributed by atoms with Crippen LogP contribution in [0.5, 0.6) is 0 Å². The minimum atomic E-state index is -2.09. The molecule has 12 rings (SSSR count). The predicted octanol–water partition coefficient (Wildman–Crippen LogP) is 16.5. The van der Waals surface area contributed by atoms with E-state index in [0.29, 0.717) is 16.8 Å². The van der Waals surface area contributed by atoms with Crippen molar-refractivity contribution in [1.82, 2.24) is 0 Å². The van der Waals surface area contributed by atoms with Crippen molar-refractivity contribution in [2.75, 3.05) is 0 Å². The van der Waals surface area contributed by atoms with Crippen LogP contribution in [0.1, 0.15) is 73.7 Å². The first-order valence-corrected chi connectivity index (χ1v) is 30.1. The second-order valence-electron chi connectivity index (χ2n) is 22.7. The summed E-state index contributed by atoms with van der Waals surface area (Å²) in [5.74, 6) is 0. The first kappa shape index (κ1) is 54.6. The van der Waals surface area contributed by atoms with Gasteiger partial charge in [-0.15, -0.1) is 0 Å². The van der Waals surface area contributed by atoms with Crippen LogP contribution in [0.15, 0.2) is 262 Å². The molecule has 0 N–H and O–H groups in total. The van der Waals surface area contributed by atoms with E-state index in [0.717, 1.165) is 44.9 Å². The predicted molar refractivity (Wildman–Crippen MR) is 370 cm³/mol. The molecular weight excluding hydrogens is 1080 g/mol. The lowest BCUT2D eigenvalue weighted by atomic mass is 10.0. The molecule has 12 aromatic rings. The van der Waals surface area contributed by atoms with Crippen LogP contribution in [0.4, 0.5) is 0 Å². The van der Waals surface area contributed by atoms with Gasteiger partial charge in [0, 0.05) is 124 Å². The van der Waals surface area contributed by atoms with E-state index < -0.39 is 20.6 Å². The maximum atomic E-state index is 7.54.